The molecule has 1 aromatic rings. The second-order valence-corrected chi connectivity index (χ2v) is 4.57. The first kappa shape index (κ1) is 11.0. The predicted octanol–water partition coefficient (Wildman–Crippen LogP) is 0.301. The van der Waals surface area contributed by atoms with E-state index in [1.165, 1.54) is 6.33 Å². The van der Waals surface area contributed by atoms with E-state index in [1.807, 2.05) is 4.90 Å². The van der Waals surface area contributed by atoms with Crippen molar-refractivity contribution in [3.8, 4) is 0 Å². The molecular formula is C11H16N4O. The summed E-state index contributed by atoms with van der Waals surface area (Å²) in [5.74, 6) is 0.00657. The van der Waals surface area contributed by atoms with Gasteiger partial charge in [0, 0.05) is 32.0 Å². The first-order valence-corrected chi connectivity index (χ1v) is 5.39. The van der Waals surface area contributed by atoms with Gasteiger partial charge in [0.2, 0.25) is 0 Å². The summed E-state index contributed by atoms with van der Waals surface area (Å²) in [5.41, 5.74) is 0.392. The monoisotopic (exact) mass is 220 g/mol. The number of nitrogens with one attached hydrogen (secondary N) is 1. The Morgan fingerprint density at radius 3 is 2.75 bits per heavy atom. The Morgan fingerprint density at radius 1 is 1.44 bits per heavy atom. The molecule has 0 aliphatic carbocycles. The summed E-state index contributed by atoms with van der Waals surface area (Å²) in [7, 11) is 0. The fraction of sp³-hybridized carbons (Fsp3) is 0.545. The van der Waals surface area contributed by atoms with Gasteiger partial charge in [-0.1, -0.05) is 0 Å². The molecule has 1 N–H and O–H groups in total. The number of nitrogens with zero attached hydrogens (tertiary/aromatic N) is 3. The molecule has 0 aromatic carbocycles. The topological polar surface area (TPSA) is 58.1 Å². The van der Waals surface area contributed by atoms with Gasteiger partial charge in [-0.25, -0.2) is 9.97 Å². The van der Waals surface area contributed by atoms with Crippen LogP contribution in [0.2, 0.25) is 0 Å². The first-order chi connectivity index (χ1) is 7.61. The van der Waals surface area contributed by atoms with Gasteiger partial charge in [0.1, 0.15) is 6.33 Å². The van der Waals surface area contributed by atoms with Gasteiger partial charge in [0.25, 0.3) is 5.91 Å². The Morgan fingerprint density at radius 2 is 2.12 bits per heavy atom. The molecule has 0 saturated carbocycles. The maximum Gasteiger partial charge on any atom is 0.257 e. The smallest absolute Gasteiger partial charge is 0.257 e. The average molecular weight is 220 g/mol. The molecule has 1 saturated heterocycles. The summed E-state index contributed by atoms with van der Waals surface area (Å²) < 4.78 is 0. The molecule has 1 aliphatic rings. The summed E-state index contributed by atoms with van der Waals surface area (Å²) in [4.78, 5) is 21.9. The molecule has 86 valence electrons. The highest BCUT2D eigenvalue weighted by molar-refractivity contribution is 5.94. The lowest BCUT2D eigenvalue weighted by Crippen LogP contribution is -2.59. The lowest BCUT2D eigenvalue weighted by molar-refractivity contribution is 0.0476. The highest BCUT2D eigenvalue weighted by atomic mass is 16.2. The van der Waals surface area contributed by atoms with E-state index in [9.17, 15) is 4.79 Å². The number of piperazine rings is 1. The van der Waals surface area contributed by atoms with Crippen LogP contribution in [0.15, 0.2) is 18.7 Å². The largest absolute Gasteiger partial charge is 0.331 e. The van der Waals surface area contributed by atoms with E-state index >= 15 is 0 Å². The van der Waals surface area contributed by atoms with Crippen LogP contribution in [0.25, 0.3) is 0 Å². The number of rotatable bonds is 1. The van der Waals surface area contributed by atoms with Gasteiger partial charge in [0.05, 0.1) is 11.1 Å². The van der Waals surface area contributed by atoms with Crippen molar-refractivity contribution in [2.45, 2.75) is 19.4 Å². The number of carbonyl (C=O) groups is 1. The molecule has 1 amide bonds. The van der Waals surface area contributed by atoms with E-state index in [0.717, 1.165) is 19.6 Å². The van der Waals surface area contributed by atoms with Crippen molar-refractivity contribution in [3.05, 3.63) is 24.3 Å². The number of carbonyl (C=O) groups excluding carboxylic acids is 1. The predicted molar refractivity (Wildman–Crippen MR) is 60.0 cm³/mol. The van der Waals surface area contributed by atoms with Gasteiger partial charge in [-0.2, -0.15) is 0 Å². The maximum atomic E-state index is 12.2. The van der Waals surface area contributed by atoms with Gasteiger partial charge in [-0.15, -0.1) is 0 Å². The molecule has 0 atom stereocenters. The van der Waals surface area contributed by atoms with E-state index in [2.05, 4.69) is 29.1 Å². The van der Waals surface area contributed by atoms with Crippen molar-refractivity contribution >= 4 is 5.91 Å². The summed E-state index contributed by atoms with van der Waals surface area (Å²) >= 11 is 0. The van der Waals surface area contributed by atoms with Gasteiger partial charge in [-0.3, -0.25) is 4.79 Å². The van der Waals surface area contributed by atoms with Gasteiger partial charge >= 0.3 is 0 Å². The Hall–Kier alpha value is -1.49. The van der Waals surface area contributed by atoms with Gasteiger partial charge in [0.15, 0.2) is 0 Å². The van der Waals surface area contributed by atoms with Crippen molar-refractivity contribution < 1.29 is 4.79 Å². The molecule has 0 radical (unpaired) electrons. The number of hydrogen-bond donors (Lipinski definition) is 1. The van der Waals surface area contributed by atoms with Crippen molar-refractivity contribution in [2.75, 3.05) is 19.6 Å². The van der Waals surface area contributed by atoms with Crippen LogP contribution < -0.4 is 5.32 Å². The van der Waals surface area contributed by atoms with Gasteiger partial charge < -0.3 is 10.2 Å². The van der Waals surface area contributed by atoms with Crippen LogP contribution in [0.1, 0.15) is 24.2 Å². The van der Waals surface area contributed by atoms with Crippen LogP contribution in [0.5, 0.6) is 0 Å². The molecule has 0 bridgehead atoms. The summed E-state index contributed by atoms with van der Waals surface area (Å²) in [6, 6.07) is 0. The minimum atomic E-state index is -0.162. The molecule has 2 rings (SSSR count). The van der Waals surface area contributed by atoms with Crippen LogP contribution in [-0.2, 0) is 0 Å². The zero-order valence-corrected chi connectivity index (χ0v) is 9.60. The van der Waals surface area contributed by atoms with Crippen LogP contribution in [0.3, 0.4) is 0 Å². The van der Waals surface area contributed by atoms with Crippen molar-refractivity contribution in [2.24, 2.45) is 0 Å². The van der Waals surface area contributed by atoms with Gasteiger partial charge in [-0.05, 0) is 13.8 Å². The molecular weight excluding hydrogens is 204 g/mol. The van der Waals surface area contributed by atoms with E-state index in [4.69, 9.17) is 0 Å². The molecule has 5 nitrogen and oxygen atoms in total. The third-order valence-electron chi connectivity index (χ3n) is 2.85. The number of hydrogen-bond acceptors (Lipinski definition) is 4. The third-order valence-corrected chi connectivity index (χ3v) is 2.85. The summed E-state index contributed by atoms with van der Waals surface area (Å²) in [6.45, 7) is 6.48. The Balaban J connectivity index is 2.21. The summed E-state index contributed by atoms with van der Waals surface area (Å²) in [5, 5.41) is 3.29. The zero-order chi connectivity index (χ0) is 11.6. The fourth-order valence-electron chi connectivity index (χ4n) is 1.93. The minimum Gasteiger partial charge on any atom is -0.331 e. The molecule has 1 fully saturated rings. The molecule has 5 heteroatoms. The van der Waals surface area contributed by atoms with E-state index in [1.54, 1.807) is 12.4 Å². The molecule has 1 aromatic heterocycles. The molecule has 16 heavy (non-hydrogen) atoms. The van der Waals surface area contributed by atoms with Crippen molar-refractivity contribution in [3.63, 3.8) is 0 Å². The summed E-state index contributed by atoms with van der Waals surface area (Å²) in [6.07, 6.45) is 4.56. The molecule has 0 spiro atoms. The van der Waals surface area contributed by atoms with Crippen LogP contribution in [0, 0.1) is 0 Å². The zero-order valence-electron chi connectivity index (χ0n) is 9.60. The van der Waals surface area contributed by atoms with E-state index < -0.39 is 0 Å². The quantitative estimate of drug-likeness (QED) is 0.739. The Kier molecular flexibility index (Phi) is 2.87. The van der Waals surface area contributed by atoms with E-state index in [0.29, 0.717) is 5.56 Å². The molecule has 2 heterocycles. The normalized spacial score (nSPS) is 19.5. The second kappa shape index (κ2) is 4.17. The second-order valence-electron chi connectivity index (χ2n) is 4.57. The van der Waals surface area contributed by atoms with Crippen molar-refractivity contribution in [1.29, 1.82) is 0 Å². The standard InChI is InChI=1S/C11H16N4O/c1-11(2)7-12-3-4-15(11)10(16)9-5-13-8-14-6-9/h5-6,8,12H,3-4,7H2,1-2H3. The Labute approximate surface area is 94.9 Å². The third kappa shape index (κ3) is 2.04. The highest BCUT2D eigenvalue weighted by Gasteiger charge is 2.33. The number of aromatic nitrogens is 2. The fourth-order valence-corrected chi connectivity index (χ4v) is 1.93. The molecule has 1 aliphatic heterocycles. The highest BCUT2D eigenvalue weighted by Crippen LogP contribution is 2.18. The maximum absolute atomic E-state index is 12.2. The molecule has 0 unspecified atom stereocenters. The lowest BCUT2D eigenvalue weighted by atomic mass is 9.99. The van der Waals surface area contributed by atoms with Crippen molar-refractivity contribution in [1.82, 2.24) is 20.2 Å². The minimum absolute atomic E-state index is 0.00657. The average Bonchev–Trinajstić information content (AvgIpc) is 2.29. The first-order valence-electron chi connectivity index (χ1n) is 5.39. The van der Waals surface area contributed by atoms with E-state index in [-0.39, 0.29) is 11.4 Å². The van der Waals surface area contributed by atoms with Crippen LogP contribution in [-0.4, -0.2) is 45.9 Å². The Bertz CT molecular complexity index is 377. The SMILES string of the molecule is CC1(C)CNCCN1C(=O)c1cncnc1. The number of amides is 1. The lowest BCUT2D eigenvalue weighted by Gasteiger charge is -2.42. The van der Waals surface area contributed by atoms with Crippen LogP contribution >= 0.6 is 0 Å². The van der Waals surface area contributed by atoms with Crippen LogP contribution in [0.4, 0.5) is 0 Å².